The van der Waals surface area contributed by atoms with Gasteiger partial charge in [0.05, 0.1) is 10.6 Å². The summed E-state index contributed by atoms with van der Waals surface area (Å²) < 4.78 is 2.81. The van der Waals surface area contributed by atoms with Crippen LogP contribution in [0.4, 0.5) is 5.69 Å². The standard InChI is InChI=1S/C24H22N2OS2/c1-15-10-11-21(16(2)12-15)25-17(3)13-19(18(25)4)14-22-23(27)26(24(28)29-22)20-8-6-5-7-9-20/h5-14H,1-4H3/b22-14+. The molecule has 3 nitrogen and oxygen atoms in total. The van der Waals surface area contributed by atoms with Crippen LogP contribution in [0.5, 0.6) is 0 Å². The number of nitrogens with zero attached hydrogens (tertiary/aromatic N) is 2. The molecule has 1 amide bonds. The molecule has 0 bridgehead atoms. The SMILES string of the molecule is Cc1ccc(-n2c(C)cc(/C=C3/SC(=S)N(c4ccccc4)C3=O)c2C)c(C)c1. The molecule has 1 fully saturated rings. The van der Waals surface area contributed by atoms with E-state index in [9.17, 15) is 4.79 Å². The summed E-state index contributed by atoms with van der Waals surface area (Å²) in [6.07, 6.45) is 1.96. The van der Waals surface area contributed by atoms with Crippen molar-refractivity contribution in [3.05, 3.63) is 87.6 Å². The van der Waals surface area contributed by atoms with Crippen LogP contribution in [0.1, 0.15) is 28.1 Å². The maximum Gasteiger partial charge on any atom is 0.270 e. The molecule has 5 heteroatoms. The van der Waals surface area contributed by atoms with Gasteiger partial charge >= 0.3 is 0 Å². The van der Waals surface area contributed by atoms with E-state index in [0.29, 0.717) is 9.23 Å². The van der Waals surface area contributed by atoms with Crippen LogP contribution in [0, 0.1) is 27.7 Å². The largest absolute Gasteiger partial charge is 0.318 e. The normalized spacial score (nSPS) is 15.6. The Morgan fingerprint density at radius 3 is 2.38 bits per heavy atom. The number of para-hydroxylation sites is 1. The molecule has 2 aromatic carbocycles. The van der Waals surface area contributed by atoms with Crippen molar-refractivity contribution in [2.45, 2.75) is 27.7 Å². The Morgan fingerprint density at radius 2 is 1.69 bits per heavy atom. The van der Waals surface area contributed by atoms with E-state index in [1.54, 1.807) is 4.90 Å². The zero-order valence-corrected chi connectivity index (χ0v) is 18.5. The Kier molecular flexibility index (Phi) is 5.19. The van der Waals surface area contributed by atoms with Gasteiger partial charge in [0.15, 0.2) is 4.32 Å². The molecule has 29 heavy (non-hydrogen) atoms. The van der Waals surface area contributed by atoms with Gasteiger partial charge in [0.2, 0.25) is 0 Å². The topological polar surface area (TPSA) is 25.2 Å². The zero-order valence-electron chi connectivity index (χ0n) is 16.9. The first-order chi connectivity index (χ1) is 13.9. The molecular weight excluding hydrogens is 396 g/mol. The predicted octanol–water partition coefficient (Wildman–Crippen LogP) is 6.12. The summed E-state index contributed by atoms with van der Waals surface area (Å²) in [5.41, 5.74) is 7.74. The van der Waals surface area contributed by atoms with Crippen molar-refractivity contribution in [2.75, 3.05) is 4.90 Å². The van der Waals surface area contributed by atoms with E-state index >= 15 is 0 Å². The minimum atomic E-state index is -0.0671. The molecule has 0 atom stereocenters. The number of carbonyl (C=O) groups excluding carboxylic acids is 1. The number of thioether (sulfide) groups is 1. The van der Waals surface area contributed by atoms with E-state index in [0.717, 1.165) is 22.6 Å². The summed E-state index contributed by atoms with van der Waals surface area (Å²) in [4.78, 5) is 15.3. The minimum absolute atomic E-state index is 0.0671. The van der Waals surface area contributed by atoms with Crippen LogP contribution < -0.4 is 4.90 Å². The van der Waals surface area contributed by atoms with Crippen molar-refractivity contribution >= 4 is 46.0 Å². The fraction of sp³-hybridized carbons (Fsp3) is 0.167. The molecule has 4 rings (SSSR count). The van der Waals surface area contributed by atoms with E-state index in [2.05, 4.69) is 56.5 Å². The van der Waals surface area contributed by atoms with E-state index in [1.807, 2.05) is 36.4 Å². The number of aromatic nitrogens is 1. The molecule has 3 aromatic rings. The van der Waals surface area contributed by atoms with Gasteiger partial charge in [-0.25, -0.2) is 0 Å². The van der Waals surface area contributed by atoms with Gasteiger partial charge in [-0.05, 0) is 69.2 Å². The van der Waals surface area contributed by atoms with Crippen LogP contribution >= 0.6 is 24.0 Å². The Bertz CT molecular complexity index is 1160. The number of amides is 1. The highest BCUT2D eigenvalue weighted by Gasteiger charge is 2.33. The van der Waals surface area contributed by atoms with Crippen LogP contribution in [0.15, 0.2) is 59.5 Å². The molecular formula is C24H22N2OS2. The van der Waals surface area contributed by atoms with Gasteiger partial charge in [-0.3, -0.25) is 9.69 Å². The third-order valence-electron chi connectivity index (χ3n) is 5.16. The van der Waals surface area contributed by atoms with Crippen molar-refractivity contribution in [3.8, 4) is 5.69 Å². The van der Waals surface area contributed by atoms with Gasteiger partial charge in [-0.2, -0.15) is 0 Å². The van der Waals surface area contributed by atoms with Gasteiger partial charge in [0.25, 0.3) is 5.91 Å². The zero-order chi connectivity index (χ0) is 20.7. The predicted molar refractivity (Wildman–Crippen MR) is 127 cm³/mol. The first-order valence-corrected chi connectivity index (χ1v) is 10.7. The number of rotatable bonds is 3. The Morgan fingerprint density at radius 1 is 0.966 bits per heavy atom. The Labute approximate surface area is 181 Å². The van der Waals surface area contributed by atoms with Gasteiger partial charge in [0.1, 0.15) is 0 Å². The lowest BCUT2D eigenvalue weighted by atomic mass is 10.1. The van der Waals surface area contributed by atoms with Crippen molar-refractivity contribution in [1.82, 2.24) is 4.57 Å². The lowest BCUT2D eigenvalue weighted by Crippen LogP contribution is -2.27. The summed E-state index contributed by atoms with van der Waals surface area (Å²) in [5, 5.41) is 0. The Hall–Kier alpha value is -2.63. The van der Waals surface area contributed by atoms with Gasteiger partial charge in [0, 0.05) is 17.1 Å². The molecule has 0 spiro atoms. The molecule has 0 radical (unpaired) electrons. The van der Waals surface area contributed by atoms with E-state index in [-0.39, 0.29) is 5.91 Å². The van der Waals surface area contributed by atoms with Gasteiger partial charge in [-0.15, -0.1) is 0 Å². The number of anilines is 1. The molecule has 0 unspecified atom stereocenters. The first-order valence-electron chi connectivity index (χ1n) is 9.46. The molecule has 0 N–H and O–H groups in total. The van der Waals surface area contributed by atoms with Crippen molar-refractivity contribution in [2.24, 2.45) is 0 Å². The quantitative estimate of drug-likeness (QED) is 0.379. The molecule has 0 aliphatic carbocycles. The number of hydrogen-bond acceptors (Lipinski definition) is 3. The fourth-order valence-electron chi connectivity index (χ4n) is 3.77. The second-order valence-electron chi connectivity index (χ2n) is 7.30. The average Bonchev–Trinajstić information content (AvgIpc) is 3.11. The molecule has 146 valence electrons. The minimum Gasteiger partial charge on any atom is -0.318 e. The molecule has 2 heterocycles. The van der Waals surface area contributed by atoms with Crippen LogP contribution in [0.3, 0.4) is 0 Å². The highest BCUT2D eigenvalue weighted by atomic mass is 32.2. The van der Waals surface area contributed by atoms with Crippen LogP contribution in [0.2, 0.25) is 0 Å². The van der Waals surface area contributed by atoms with Crippen LogP contribution in [-0.4, -0.2) is 14.8 Å². The number of benzene rings is 2. The summed E-state index contributed by atoms with van der Waals surface area (Å²) in [7, 11) is 0. The summed E-state index contributed by atoms with van der Waals surface area (Å²) in [6.45, 7) is 8.42. The third kappa shape index (κ3) is 3.56. The van der Waals surface area contributed by atoms with Gasteiger partial charge < -0.3 is 4.57 Å². The van der Waals surface area contributed by atoms with Crippen molar-refractivity contribution in [1.29, 1.82) is 0 Å². The number of carbonyl (C=O) groups is 1. The maximum absolute atomic E-state index is 13.0. The maximum atomic E-state index is 13.0. The number of aryl methyl sites for hydroxylation is 3. The highest BCUT2D eigenvalue weighted by molar-refractivity contribution is 8.27. The Balaban J connectivity index is 1.73. The number of thiocarbonyl (C=S) groups is 1. The van der Waals surface area contributed by atoms with E-state index < -0.39 is 0 Å². The van der Waals surface area contributed by atoms with Crippen LogP contribution in [-0.2, 0) is 4.79 Å². The van der Waals surface area contributed by atoms with E-state index in [4.69, 9.17) is 12.2 Å². The van der Waals surface area contributed by atoms with Gasteiger partial charge in [-0.1, -0.05) is 59.9 Å². The molecule has 1 saturated heterocycles. The second-order valence-corrected chi connectivity index (χ2v) is 8.98. The first kappa shape index (κ1) is 19.7. The smallest absolute Gasteiger partial charge is 0.270 e. The van der Waals surface area contributed by atoms with Crippen molar-refractivity contribution < 1.29 is 4.79 Å². The van der Waals surface area contributed by atoms with Crippen LogP contribution in [0.25, 0.3) is 11.8 Å². The number of hydrogen-bond donors (Lipinski definition) is 0. The highest BCUT2D eigenvalue weighted by Crippen LogP contribution is 2.37. The lowest BCUT2D eigenvalue weighted by molar-refractivity contribution is -0.113. The summed E-state index contributed by atoms with van der Waals surface area (Å²) in [5.74, 6) is -0.0671. The summed E-state index contributed by atoms with van der Waals surface area (Å²) >= 11 is 6.84. The van der Waals surface area contributed by atoms with E-state index in [1.165, 1.54) is 28.6 Å². The van der Waals surface area contributed by atoms with Crippen molar-refractivity contribution in [3.63, 3.8) is 0 Å². The lowest BCUT2D eigenvalue weighted by Gasteiger charge is -2.14. The summed E-state index contributed by atoms with van der Waals surface area (Å²) in [6, 6.07) is 18.2. The second kappa shape index (κ2) is 7.65. The molecule has 1 aromatic heterocycles. The molecule has 1 aliphatic heterocycles. The third-order valence-corrected chi connectivity index (χ3v) is 6.46. The molecule has 1 aliphatic rings. The fourth-order valence-corrected chi connectivity index (χ4v) is 5.06. The average molecular weight is 419 g/mol. The molecule has 0 saturated carbocycles. The monoisotopic (exact) mass is 418 g/mol.